The number of rotatable bonds is 5. The zero-order chi connectivity index (χ0) is 18.8. The summed E-state index contributed by atoms with van der Waals surface area (Å²) in [6, 6.07) is 20.8. The highest BCUT2D eigenvalue weighted by molar-refractivity contribution is 5.84. The highest BCUT2D eigenvalue weighted by Crippen LogP contribution is 2.29. The molecular weight excluding hydrogens is 338 g/mol. The second kappa shape index (κ2) is 7.11. The Morgan fingerprint density at radius 2 is 1.67 bits per heavy atom. The van der Waals surface area contributed by atoms with Gasteiger partial charge in [0.05, 0.1) is 13.0 Å². The smallest absolute Gasteiger partial charge is 0.320 e. The fourth-order valence-corrected chi connectivity index (χ4v) is 3.00. The molecule has 0 saturated heterocycles. The summed E-state index contributed by atoms with van der Waals surface area (Å²) in [6.07, 6.45) is 0. The van der Waals surface area contributed by atoms with E-state index in [9.17, 15) is 0 Å². The summed E-state index contributed by atoms with van der Waals surface area (Å²) in [5.74, 6) is 1.43. The third-order valence-electron chi connectivity index (χ3n) is 4.69. The van der Waals surface area contributed by atoms with Gasteiger partial charge in [0.1, 0.15) is 5.75 Å². The molecule has 27 heavy (non-hydrogen) atoms. The van der Waals surface area contributed by atoms with Crippen LogP contribution < -0.4 is 10.1 Å². The molecular formula is C22H21N3O2. The number of aryl methyl sites for hydroxylation is 1. The zero-order valence-electron chi connectivity index (χ0n) is 15.6. The Balaban J connectivity index is 1.55. The van der Waals surface area contributed by atoms with Crippen LogP contribution >= 0.6 is 0 Å². The van der Waals surface area contributed by atoms with Gasteiger partial charge >= 0.3 is 6.01 Å². The molecule has 1 N–H and O–H groups in total. The van der Waals surface area contributed by atoms with Crippen molar-refractivity contribution in [2.24, 2.45) is 0 Å². The quantitative estimate of drug-likeness (QED) is 0.514. The number of methoxy groups -OCH3 is 1. The molecule has 0 fully saturated rings. The van der Waals surface area contributed by atoms with Crippen molar-refractivity contribution >= 4 is 22.5 Å². The lowest BCUT2D eigenvalue weighted by atomic mass is 9.97. The average Bonchev–Trinajstić information content (AvgIpc) is 3.16. The van der Waals surface area contributed by atoms with Crippen LogP contribution in [-0.4, -0.2) is 17.3 Å². The summed E-state index contributed by atoms with van der Waals surface area (Å²) in [5, 5.41) is 13.8. The van der Waals surface area contributed by atoms with Crippen LogP contribution in [0.2, 0.25) is 0 Å². The molecule has 4 aromatic rings. The highest BCUT2D eigenvalue weighted by atomic mass is 16.5. The first-order valence-electron chi connectivity index (χ1n) is 8.87. The molecule has 3 aromatic carbocycles. The number of anilines is 2. The van der Waals surface area contributed by atoms with E-state index in [1.807, 2.05) is 36.4 Å². The second-order valence-corrected chi connectivity index (χ2v) is 6.63. The summed E-state index contributed by atoms with van der Waals surface area (Å²) in [4.78, 5) is 0. The van der Waals surface area contributed by atoms with Crippen LogP contribution in [-0.2, 0) is 0 Å². The standard InChI is InChI=1S/C22H21N3O2/c1-14-4-9-19(10-5-14)23-22-25-24-21(27-22)15(2)16-6-7-18-13-20(26-3)11-8-17(18)12-16/h4-13,15H,1-3H3,(H,23,25). The number of aromatic nitrogens is 2. The lowest BCUT2D eigenvalue weighted by Crippen LogP contribution is -1.96. The number of hydrogen-bond acceptors (Lipinski definition) is 5. The number of ether oxygens (including phenoxy) is 1. The molecule has 0 bridgehead atoms. The second-order valence-electron chi connectivity index (χ2n) is 6.63. The largest absolute Gasteiger partial charge is 0.497 e. The third-order valence-corrected chi connectivity index (χ3v) is 4.69. The number of nitrogens with one attached hydrogen (secondary N) is 1. The van der Waals surface area contributed by atoms with Gasteiger partial charge in [-0.15, -0.1) is 5.10 Å². The molecule has 4 rings (SSSR count). The first kappa shape index (κ1) is 17.1. The normalized spacial score (nSPS) is 12.1. The summed E-state index contributed by atoms with van der Waals surface area (Å²) in [5.41, 5.74) is 3.25. The summed E-state index contributed by atoms with van der Waals surface area (Å²) >= 11 is 0. The number of fused-ring (bicyclic) bond motifs is 1. The predicted molar refractivity (Wildman–Crippen MR) is 107 cm³/mol. The Morgan fingerprint density at radius 3 is 2.44 bits per heavy atom. The molecule has 0 spiro atoms. The number of hydrogen-bond donors (Lipinski definition) is 1. The van der Waals surface area contributed by atoms with Gasteiger partial charge in [0.2, 0.25) is 5.89 Å². The van der Waals surface area contributed by atoms with Crippen LogP contribution in [0.1, 0.15) is 29.9 Å². The van der Waals surface area contributed by atoms with E-state index in [0.717, 1.165) is 27.8 Å². The van der Waals surface area contributed by atoms with Crippen molar-refractivity contribution in [2.45, 2.75) is 19.8 Å². The maximum atomic E-state index is 5.83. The van der Waals surface area contributed by atoms with Gasteiger partial charge in [0.15, 0.2) is 0 Å². The first-order chi connectivity index (χ1) is 13.1. The van der Waals surface area contributed by atoms with Crippen LogP contribution in [0.4, 0.5) is 11.7 Å². The van der Waals surface area contributed by atoms with Gasteiger partial charge in [-0.25, -0.2) is 0 Å². The summed E-state index contributed by atoms with van der Waals surface area (Å²) in [7, 11) is 1.68. The third kappa shape index (κ3) is 3.62. The van der Waals surface area contributed by atoms with Gasteiger partial charge in [-0.1, -0.05) is 47.1 Å². The van der Waals surface area contributed by atoms with Crippen LogP contribution in [0.3, 0.4) is 0 Å². The fraction of sp³-hybridized carbons (Fsp3) is 0.182. The molecule has 0 radical (unpaired) electrons. The van der Waals surface area contributed by atoms with Crippen molar-refractivity contribution in [3.05, 3.63) is 77.7 Å². The van der Waals surface area contributed by atoms with E-state index in [-0.39, 0.29) is 5.92 Å². The predicted octanol–water partition coefficient (Wildman–Crippen LogP) is 5.44. The molecule has 136 valence electrons. The van der Waals surface area contributed by atoms with E-state index >= 15 is 0 Å². The van der Waals surface area contributed by atoms with Crippen molar-refractivity contribution in [1.29, 1.82) is 0 Å². The lowest BCUT2D eigenvalue weighted by molar-refractivity contribution is 0.415. The van der Waals surface area contributed by atoms with E-state index in [0.29, 0.717) is 11.9 Å². The molecule has 1 atom stereocenters. The summed E-state index contributed by atoms with van der Waals surface area (Å²) in [6.45, 7) is 4.11. The molecule has 0 aliphatic carbocycles. The average molecular weight is 359 g/mol. The van der Waals surface area contributed by atoms with Crippen LogP contribution in [0.25, 0.3) is 10.8 Å². The molecule has 0 amide bonds. The van der Waals surface area contributed by atoms with Gasteiger partial charge in [0, 0.05) is 5.69 Å². The minimum absolute atomic E-state index is 0.00225. The molecule has 0 saturated carbocycles. The summed E-state index contributed by atoms with van der Waals surface area (Å²) < 4.78 is 11.1. The van der Waals surface area contributed by atoms with Crippen molar-refractivity contribution in [3.8, 4) is 5.75 Å². The first-order valence-corrected chi connectivity index (χ1v) is 8.87. The zero-order valence-corrected chi connectivity index (χ0v) is 15.6. The maximum Gasteiger partial charge on any atom is 0.320 e. The van der Waals surface area contributed by atoms with E-state index in [4.69, 9.17) is 9.15 Å². The minimum Gasteiger partial charge on any atom is -0.497 e. The van der Waals surface area contributed by atoms with Gasteiger partial charge in [-0.3, -0.25) is 0 Å². The van der Waals surface area contributed by atoms with E-state index in [1.54, 1.807) is 7.11 Å². The minimum atomic E-state index is -0.00225. The molecule has 0 aliphatic rings. The van der Waals surface area contributed by atoms with Gasteiger partial charge in [-0.05, 0) is 54.4 Å². The van der Waals surface area contributed by atoms with Crippen molar-refractivity contribution in [3.63, 3.8) is 0 Å². The molecule has 1 heterocycles. The van der Waals surface area contributed by atoms with E-state index in [1.165, 1.54) is 5.56 Å². The van der Waals surface area contributed by atoms with E-state index in [2.05, 4.69) is 53.6 Å². The molecule has 5 nitrogen and oxygen atoms in total. The molecule has 5 heteroatoms. The van der Waals surface area contributed by atoms with Gasteiger partial charge < -0.3 is 14.5 Å². The SMILES string of the molecule is COc1ccc2cc(C(C)c3nnc(Nc4ccc(C)cc4)o3)ccc2c1. The molecule has 1 aromatic heterocycles. The van der Waals surface area contributed by atoms with E-state index < -0.39 is 0 Å². The number of benzene rings is 3. The van der Waals surface area contributed by atoms with Gasteiger partial charge in [0.25, 0.3) is 0 Å². The van der Waals surface area contributed by atoms with Crippen LogP contribution in [0.15, 0.2) is 65.1 Å². The van der Waals surface area contributed by atoms with Crippen LogP contribution in [0, 0.1) is 6.92 Å². The lowest BCUT2D eigenvalue weighted by Gasteiger charge is -2.09. The molecule has 1 unspecified atom stereocenters. The Bertz CT molecular complexity index is 1070. The van der Waals surface area contributed by atoms with Gasteiger partial charge in [-0.2, -0.15) is 0 Å². The Labute approximate surface area is 158 Å². The van der Waals surface area contributed by atoms with Crippen molar-refractivity contribution < 1.29 is 9.15 Å². The highest BCUT2D eigenvalue weighted by Gasteiger charge is 2.16. The van der Waals surface area contributed by atoms with Crippen molar-refractivity contribution in [2.75, 3.05) is 12.4 Å². The Hall–Kier alpha value is -3.34. The maximum absolute atomic E-state index is 5.83. The Morgan fingerprint density at radius 1 is 0.926 bits per heavy atom. The molecule has 0 aliphatic heterocycles. The van der Waals surface area contributed by atoms with Crippen LogP contribution in [0.5, 0.6) is 5.75 Å². The fourth-order valence-electron chi connectivity index (χ4n) is 3.00. The Kier molecular flexibility index (Phi) is 4.50. The van der Waals surface area contributed by atoms with Crippen molar-refractivity contribution in [1.82, 2.24) is 10.2 Å². The number of nitrogens with zero attached hydrogens (tertiary/aromatic N) is 2. The topological polar surface area (TPSA) is 60.2 Å². The monoisotopic (exact) mass is 359 g/mol.